The van der Waals surface area contributed by atoms with Crippen LogP contribution in [0.15, 0.2) is 97.1 Å². The lowest BCUT2D eigenvalue weighted by Crippen LogP contribution is -1.97. The Morgan fingerprint density at radius 3 is 1.57 bits per heavy atom. The van der Waals surface area contributed by atoms with Crippen LogP contribution in [-0.4, -0.2) is 20.7 Å². The van der Waals surface area contributed by atoms with E-state index in [2.05, 4.69) is 117 Å². The van der Waals surface area contributed by atoms with Gasteiger partial charge in [-0.05, 0) is 102 Å². The van der Waals surface area contributed by atoms with Gasteiger partial charge in [0.2, 0.25) is 0 Å². The number of fused-ring (bicyclic) bond motifs is 8. The van der Waals surface area contributed by atoms with Crippen molar-refractivity contribution < 1.29 is 4.79 Å². The number of aromatic nitrogens is 3. The van der Waals surface area contributed by atoms with Gasteiger partial charge in [0.1, 0.15) is 0 Å². The topological polar surface area (TPSA) is 61.5 Å². The number of benzene rings is 2. The number of hydrogen-bond donors (Lipinski definition) is 2. The van der Waals surface area contributed by atoms with Crippen molar-refractivity contribution in [3.63, 3.8) is 0 Å². The zero-order valence-electron chi connectivity index (χ0n) is 25.6. The maximum Gasteiger partial charge on any atom is 0.185 e. The molecule has 4 nitrogen and oxygen atoms in total. The highest BCUT2D eigenvalue weighted by Crippen LogP contribution is 2.40. The lowest BCUT2D eigenvalue weighted by atomic mass is 9.92. The Kier molecular flexibility index (Phi) is 6.98. The summed E-state index contributed by atoms with van der Waals surface area (Å²) in [7, 11) is 0. The molecule has 0 spiro atoms. The van der Waals surface area contributed by atoms with E-state index in [0.717, 1.165) is 79.7 Å². The lowest BCUT2D eigenvalue weighted by molar-refractivity contribution is 0.104. The second-order valence-corrected chi connectivity index (χ2v) is 11.6. The van der Waals surface area contributed by atoms with Crippen molar-refractivity contribution in [1.82, 2.24) is 15.0 Å². The quantitative estimate of drug-likeness (QED) is 0.221. The highest BCUT2D eigenvalue weighted by Gasteiger charge is 2.24. The number of nitrogens with zero attached hydrogens (tertiary/aromatic N) is 1. The van der Waals surface area contributed by atoms with Gasteiger partial charge in [0.15, 0.2) is 5.78 Å². The Morgan fingerprint density at radius 1 is 0.568 bits per heavy atom. The monoisotopic (exact) mass is 573 g/mol. The SMILES string of the molecule is CCc1c(C)c2cc3cc(cc4[nH]c(cc5nc(cc1[nH]2)C(c1ccccc1)=C5c1ccccc1)c(CC)c4C)C(=O)C=C3. The molecule has 2 aliphatic rings. The van der Waals surface area contributed by atoms with Gasteiger partial charge in [0, 0.05) is 38.8 Å². The van der Waals surface area contributed by atoms with Crippen molar-refractivity contribution in [1.29, 1.82) is 0 Å². The zero-order valence-corrected chi connectivity index (χ0v) is 25.6. The average molecular weight is 574 g/mol. The molecule has 0 amide bonds. The molecule has 8 bridgehead atoms. The van der Waals surface area contributed by atoms with Crippen LogP contribution in [0.4, 0.5) is 0 Å². The molecule has 4 heteroatoms. The van der Waals surface area contributed by atoms with Gasteiger partial charge in [0.05, 0.1) is 11.4 Å². The fourth-order valence-corrected chi connectivity index (χ4v) is 6.67. The molecule has 1 aliphatic carbocycles. The van der Waals surface area contributed by atoms with E-state index in [-0.39, 0.29) is 5.78 Å². The number of nitrogens with one attached hydrogen (secondary N) is 2. The molecule has 3 aromatic heterocycles. The minimum absolute atomic E-state index is 0.00790. The van der Waals surface area contributed by atoms with Crippen molar-refractivity contribution in [3.05, 3.63) is 153 Å². The third-order valence-corrected chi connectivity index (χ3v) is 8.94. The van der Waals surface area contributed by atoms with Crippen LogP contribution in [0.1, 0.15) is 74.5 Å². The summed E-state index contributed by atoms with van der Waals surface area (Å²) < 4.78 is 0. The second kappa shape index (κ2) is 11.1. The van der Waals surface area contributed by atoms with E-state index in [1.165, 1.54) is 16.7 Å². The first-order chi connectivity index (χ1) is 21.4. The fraction of sp³-hybridized carbons (Fsp3) is 0.150. The molecule has 2 N–H and O–H groups in total. The molecule has 0 atom stereocenters. The highest BCUT2D eigenvalue weighted by atomic mass is 16.1. The molecule has 0 unspecified atom stereocenters. The number of allylic oxidation sites excluding steroid dienone is 1. The highest BCUT2D eigenvalue weighted by molar-refractivity contribution is 6.10. The summed E-state index contributed by atoms with van der Waals surface area (Å²) in [6.07, 6.45) is 5.32. The number of hydrogen-bond acceptors (Lipinski definition) is 2. The molecule has 0 saturated carbocycles. The first-order valence-corrected chi connectivity index (χ1v) is 15.4. The standard InChI is InChI=1S/C40H35N3O/c1-5-30-24(3)32-20-26-17-18-38(44)29(19-26)21-33-25(4)31(6-2)35(42-33)23-37-40(28-15-11-8-12-16-28)39(27-13-9-7-10-14-27)36(43-37)22-34(30)41-32/h7-23,41-42H,5-6H2,1-4H3. The number of aromatic amines is 2. The number of aryl methyl sites for hydroxylation is 4. The Balaban J connectivity index is 1.69. The molecule has 2 aromatic carbocycles. The molecule has 0 radical (unpaired) electrons. The van der Waals surface area contributed by atoms with Crippen molar-refractivity contribution in [2.24, 2.45) is 0 Å². The summed E-state index contributed by atoms with van der Waals surface area (Å²) in [6, 6.07) is 31.7. The van der Waals surface area contributed by atoms with Crippen LogP contribution in [0.3, 0.4) is 0 Å². The van der Waals surface area contributed by atoms with Crippen molar-refractivity contribution in [2.75, 3.05) is 0 Å². The Bertz CT molecular complexity index is 2120. The lowest BCUT2D eigenvalue weighted by Gasteiger charge is -2.09. The van der Waals surface area contributed by atoms with Gasteiger partial charge < -0.3 is 9.97 Å². The zero-order chi connectivity index (χ0) is 30.4. The predicted octanol–water partition coefficient (Wildman–Crippen LogP) is 9.56. The summed E-state index contributed by atoms with van der Waals surface area (Å²) in [5, 5.41) is 0. The van der Waals surface area contributed by atoms with Gasteiger partial charge in [-0.3, -0.25) is 4.79 Å². The number of ketones is 1. The van der Waals surface area contributed by atoms with Crippen LogP contribution in [0.5, 0.6) is 0 Å². The number of rotatable bonds is 4. The van der Waals surface area contributed by atoms with Gasteiger partial charge in [-0.15, -0.1) is 0 Å². The largest absolute Gasteiger partial charge is 0.355 e. The van der Waals surface area contributed by atoms with Gasteiger partial charge in [-0.1, -0.05) is 80.6 Å². The summed E-state index contributed by atoms with van der Waals surface area (Å²) in [6.45, 7) is 8.68. The molecule has 5 aromatic rings. The summed E-state index contributed by atoms with van der Waals surface area (Å²) in [4.78, 5) is 25.8. The molecule has 7 rings (SSSR count). The van der Waals surface area contributed by atoms with Crippen molar-refractivity contribution in [2.45, 2.75) is 40.5 Å². The van der Waals surface area contributed by atoms with Crippen LogP contribution in [-0.2, 0) is 12.8 Å². The average Bonchev–Trinajstić information content (AvgIpc) is 3.65. The summed E-state index contributed by atoms with van der Waals surface area (Å²) >= 11 is 0. The Labute approximate surface area is 257 Å². The second-order valence-electron chi connectivity index (χ2n) is 11.6. The van der Waals surface area contributed by atoms with E-state index in [0.29, 0.717) is 5.56 Å². The minimum atomic E-state index is 0.00790. The van der Waals surface area contributed by atoms with E-state index < -0.39 is 0 Å². The third-order valence-electron chi connectivity index (χ3n) is 8.94. The summed E-state index contributed by atoms with van der Waals surface area (Å²) in [5.74, 6) is 0.00790. The first kappa shape index (κ1) is 27.6. The fourth-order valence-electron chi connectivity index (χ4n) is 6.67. The van der Waals surface area contributed by atoms with Crippen molar-refractivity contribution in [3.8, 4) is 0 Å². The molecule has 1 aliphatic heterocycles. The first-order valence-electron chi connectivity index (χ1n) is 15.4. The van der Waals surface area contributed by atoms with Gasteiger partial charge >= 0.3 is 0 Å². The minimum Gasteiger partial charge on any atom is -0.355 e. The summed E-state index contributed by atoms with van der Waals surface area (Å²) in [5.41, 5.74) is 16.9. The molecule has 44 heavy (non-hydrogen) atoms. The van der Waals surface area contributed by atoms with Gasteiger partial charge in [-0.25, -0.2) is 4.98 Å². The molecular formula is C40H35N3O. The van der Waals surface area contributed by atoms with Crippen LogP contribution >= 0.6 is 0 Å². The smallest absolute Gasteiger partial charge is 0.185 e. The maximum absolute atomic E-state index is 13.0. The third kappa shape index (κ3) is 4.73. The Morgan fingerprint density at radius 2 is 1.07 bits per heavy atom. The van der Waals surface area contributed by atoms with E-state index in [4.69, 9.17) is 4.98 Å². The molecule has 0 saturated heterocycles. The van der Waals surface area contributed by atoms with Crippen LogP contribution in [0.2, 0.25) is 0 Å². The van der Waals surface area contributed by atoms with Crippen molar-refractivity contribution >= 4 is 45.1 Å². The number of H-pyrrole nitrogens is 2. The van der Waals surface area contributed by atoms with Crippen LogP contribution in [0.25, 0.3) is 39.3 Å². The van der Waals surface area contributed by atoms with E-state index in [9.17, 15) is 4.79 Å². The van der Waals surface area contributed by atoms with Gasteiger partial charge in [0.25, 0.3) is 0 Å². The molecule has 0 fully saturated rings. The number of carbonyl (C=O) groups is 1. The Hall–Kier alpha value is -5.22. The molecule has 4 heterocycles. The maximum atomic E-state index is 13.0. The molecular weight excluding hydrogens is 538 g/mol. The van der Waals surface area contributed by atoms with E-state index >= 15 is 0 Å². The van der Waals surface area contributed by atoms with E-state index in [1.54, 1.807) is 6.08 Å². The number of carbonyl (C=O) groups excluding carboxylic acids is 1. The molecule has 216 valence electrons. The normalized spacial score (nSPS) is 13.0. The van der Waals surface area contributed by atoms with Crippen LogP contribution in [0, 0.1) is 13.8 Å². The van der Waals surface area contributed by atoms with E-state index in [1.807, 2.05) is 18.2 Å². The predicted molar refractivity (Wildman–Crippen MR) is 183 cm³/mol. The van der Waals surface area contributed by atoms with Gasteiger partial charge in [-0.2, -0.15) is 0 Å². The van der Waals surface area contributed by atoms with Crippen LogP contribution < -0.4 is 0 Å².